The van der Waals surface area contributed by atoms with E-state index in [2.05, 4.69) is 14.6 Å². The van der Waals surface area contributed by atoms with Crippen LogP contribution in [-0.2, 0) is 10.0 Å². The number of sulfonamides is 1. The first-order chi connectivity index (χ1) is 11.2. The van der Waals surface area contributed by atoms with Gasteiger partial charge in [-0.2, -0.15) is 0 Å². The van der Waals surface area contributed by atoms with Crippen molar-refractivity contribution in [2.45, 2.75) is 18.7 Å². The number of hydrogen-bond acceptors (Lipinski definition) is 4. The summed E-state index contributed by atoms with van der Waals surface area (Å²) in [6.07, 6.45) is 3.41. The molecule has 24 heavy (non-hydrogen) atoms. The number of benzene rings is 1. The summed E-state index contributed by atoms with van der Waals surface area (Å²) >= 11 is 0. The fourth-order valence-electron chi connectivity index (χ4n) is 2.66. The van der Waals surface area contributed by atoms with E-state index in [1.165, 1.54) is 0 Å². The van der Waals surface area contributed by atoms with Gasteiger partial charge in [-0.15, -0.1) is 0 Å². The maximum atomic E-state index is 12.6. The van der Waals surface area contributed by atoms with Crippen LogP contribution in [0.25, 0.3) is 11.1 Å². The normalized spacial score (nSPS) is 12.5. The van der Waals surface area contributed by atoms with Gasteiger partial charge in [-0.05, 0) is 43.3 Å². The molecule has 0 saturated carbocycles. The maximum Gasteiger partial charge on any atom is 0.240 e. The molecule has 2 aromatic rings. The first-order valence-corrected chi connectivity index (χ1v) is 9.33. The minimum absolute atomic E-state index is 0.155. The van der Waals surface area contributed by atoms with Gasteiger partial charge >= 0.3 is 0 Å². The predicted molar refractivity (Wildman–Crippen MR) is 97.2 cm³/mol. The van der Waals surface area contributed by atoms with E-state index in [9.17, 15) is 8.42 Å². The molecule has 0 atom stereocenters. The number of hydrogen-bond donors (Lipinski definition) is 1. The number of nitrogens with one attached hydrogen (secondary N) is 1. The van der Waals surface area contributed by atoms with Crippen LogP contribution in [0, 0.1) is 5.41 Å². The Morgan fingerprint density at radius 3 is 2.46 bits per heavy atom. The fraction of sp³-hybridized carbons (Fsp3) is 0.389. The Morgan fingerprint density at radius 2 is 1.83 bits per heavy atom. The lowest BCUT2D eigenvalue weighted by molar-refractivity contribution is 0.242. The Labute approximate surface area is 144 Å². The van der Waals surface area contributed by atoms with Crippen LogP contribution in [0.2, 0.25) is 0 Å². The highest BCUT2D eigenvalue weighted by molar-refractivity contribution is 7.89. The molecule has 1 N–H and O–H groups in total. The first-order valence-electron chi connectivity index (χ1n) is 7.84. The second-order valence-electron chi connectivity index (χ2n) is 7.00. The molecule has 130 valence electrons. The van der Waals surface area contributed by atoms with Crippen molar-refractivity contribution < 1.29 is 8.42 Å². The molecule has 2 rings (SSSR count). The summed E-state index contributed by atoms with van der Waals surface area (Å²) in [5.41, 5.74) is 1.57. The maximum absolute atomic E-state index is 12.6. The molecule has 0 aliphatic carbocycles. The van der Waals surface area contributed by atoms with Gasteiger partial charge in [0.1, 0.15) is 0 Å². The molecule has 0 unspecified atom stereocenters. The summed E-state index contributed by atoms with van der Waals surface area (Å²) in [5.74, 6) is 0. The van der Waals surface area contributed by atoms with Gasteiger partial charge in [0.25, 0.3) is 0 Å². The first kappa shape index (κ1) is 18.6. The SMILES string of the molecule is CN(C)CC(C)(C)CNS(=O)(=O)c1cccc(-c2cccnc2)c1. The monoisotopic (exact) mass is 347 g/mol. The molecule has 0 bridgehead atoms. The summed E-state index contributed by atoms with van der Waals surface area (Å²) in [5, 5.41) is 0. The van der Waals surface area contributed by atoms with Crippen molar-refractivity contribution in [2.24, 2.45) is 5.41 Å². The Hall–Kier alpha value is -1.76. The van der Waals surface area contributed by atoms with Gasteiger partial charge in [-0.3, -0.25) is 4.98 Å². The number of aromatic nitrogens is 1. The minimum Gasteiger partial charge on any atom is -0.309 e. The van der Waals surface area contributed by atoms with Crippen LogP contribution in [0.1, 0.15) is 13.8 Å². The van der Waals surface area contributed by atoms with E-state index in [1.54, 1.807) is 30.6 Å². The van der Waals surface area contributed by atoms with Gasteiger partial charge in [-0.25, -0.2) is 13.1 Å². The van der Waals surface area contributed by atoms with Crippen molar-refractivity contribution in [1.82, 2.24) is 14.6 Å². The summed E-state index contributed by atoms with van der Waals surface area (Å²) < 4.78 is 27.9. The summed E-state index contributed by atoms with van der Waals surface area (Å²) in [6, 6.07) is 10.7. The van der Waals surface area contributed by atoms with Crippen LogP contribution in [0.4, 0.5) is 0 Å². The van der Waals surface area contributed by atoms with Crippen molar-refractivity contribution in [1.29, 1.82) is 0 Å². The van der Waals surface area contributed by atoms with E-state index in [0.29, 0.717) is 6.54 Å². The molecule has 0 saturated heterocycles. The molecule has 0 amide bonds. The van der Waals surface area contributed by atoms with Gasteiger partial charge in [0, 0.05) is 31.0 Å². The molecule has 1 aromatic heterocycles. The largest absolute Gasteiger partial charge is 0.309 e. The van der Waals surface area contributed by atoms with Crippen LogP contribution in [0.15, 0.2) is 53.7 Å². The Kier molecular flexibility index (Phi) is 5.74. The van der Waals surface area contributed by atoms with Gasteiger partial charge < -0.3 is 4.90 Å². The highest BCUT2D eigenvalue weighted by atomic mass is 32.2. The molecular weight excluding hydrogens is 322 g/mol. The zero-order valence-electron chi connectivity index (χ0n) is 14.7. The van der Waals surface area contributed by atoms with Crippen molar-refractivity contribution in [3.8, 4) is 11.1 Å². The number of nitrogens with zero attached hydrogens (tertiary/aromatic N) is 2. The lowest BCUT2D eigenvalue weighted by Crippen LogP contribution is -2.39. The molecule has 0 aliphatic heterocycles. The quantitative estimate of drug-likeness (QED) is 0.836. The second-order valence-corrected chi connectivity index (χ2v) is 8.76. The Bertz CT molecular complexity index is 772. The molecule has 0 fully saturated rings. The standard InChI is InChI=1S/C18H25N3O2S/c1-18(2,14-21(3)4)13-20-24(22,23)17-9-5-7-15(11-17)16-8-6-10-19-12-16/h5-12,20H,13-14H2,1-4H3. The number of rotatable bonds is 7. The number of pyridine rings is 1. The van der Waals surface area contributed by atoms with E-state index < -0.39 is 10.0 Å². The zero-order valence-corrected chi connectivity index (χ0v) is 15.5. The van der Waals surface area contributed by atoms with Crippen LogP contribution in [-0.4, -0.2) is 45.5 Å². The van der Waals surface area contributed by atoms with Gasteiger partial charge in [0.05, 0.1) is 4.90 Å². The van der Waals surface area contributed by atoms with Crippen molar-refractivity contribution in [3.05, 3.63) is 48.8 Å². The molecule has 0 aliphatic rings. The predicted octanol–water partition coefficient (Wildman–Crippen LogP) is 2.61. The van der Waals surface area contributed by atoms with Crippen LogP contribution < -0.4 is 4.72 Å². The van der Waals surface area contributed by atoms with Crippen molar-refractivity contribution >= 4 is 10.0 Å². The second kappa shape index (κ2) is 7.42. The van der Waals surface area contributed by atoms with E-state index in [1.807, 2.05) is 46.1 Å². The lowest BCUT2D eigenvalue weighted by Gasteiger charge is -2.28. The minimum atomic E-state index is -3.55. The lowest BCUT2D eigenvalue weighted by atomic mass is 9.93. The van der Waals surface area contributed by atoms with Crippen LogP contribution in [0.5, 0.6) is 0 Å². The van der Waals surface area contributed by atoms with E-state index in [4.69, 9.17) is 0 Å². The fourth-order valence-corrected chi connectivity index (χ4v) is 3.95. The highest BCUT2D eigenvalue weighted by Gasteiger charge is 2.23. The average molecular weight is 347 g/mol. The third-order valence-electron chi connectivity index (χ3n) is 3.62. The molecule has 5 nitrogen and oxygen atoms in total. The van der Waals surface area contributed by atoms with E-state index >= 15 is 0 Å². The zero-order chi connectivity index (χ0) is 17.8. The molecule has 1 heterocycles. The van der Waals surface area contributed by atoms with Gasteiger partial charge in [-0.1, -0.05) is 32.0 Å². The van der Waals surface area contributed by atoms with E-state index in [-0.39, 0.29) is 10.3 Å². The molecular formula is C18H25N3O2S. The topological polar surface area (TPSA) is 62.3 Å². The van der Waals surface area contributed by atoms with Crippen LogP contribution in [0.3, 0.4) is 0 Å². The molecule has 6 heteroatoms. The molecule has 0 radical (unpaired) electrons. The summed E-state index contributed by atoms with van der Waals surface area (Å²) in [4.78, 5) is 6.40. The molecule has 1 aromatic carbocycles. The van der Waals surface area contributed by atoms with Crippen molar-refractivity contribution in [3.63, 3.8) is 0 Å². The summed E-state index contributed by atoms with van der Waals surface area (Å²) in [7, 11) is 0.411. The average Bonchev–Trinajstić information content (AvgIpc) is 2.53. The van der Waals surface area contributed by atoms with E-state index in [0.717, 1.165) is 17.7 Å². The third-order valence-corrected chi connectivity index (χ3v) is 5.02. The van der Waals surface area contributed by atoms with Gasteiger partial charge in [0.15, 0.2) is 0 Å². The smallest absolute Gasteiger partial charge is 0.240 e. The highest BCUT2D eigenvalue weighted by Crippen LogP contribution is 2.22. The van der Waals surface area contributed by atoms with Crippen molar-refractivity contribution in [2.75, 3.05) is 27.2 Å². The molecule has 0 spiro atoms. The van der Waals surface area contributed by atoms with Crippen LogP contribution >= 0.6 is 0 Å². The Balaban J connectivity index is 2.18. The Morgan fingerprint density at radius 1 is 1.12 bits per heavy atom. The van der Waals surface area contributed by atoms with Gasteiger partial charge in [0.2, 0.25) is 10.0 Å². The summed E-state index contributed by atoms with van der Waals surface area (Å²) in [6.45, 7) is 5.26. The third kappa shape index (κ3) is 5.12.